The molecule has 5 aromatic rings. The van der Waals surface area contributed by atoms with E-state index in [1.807, 2.05) is 48.5 Å². The molecule has 0 bridgehead atoms. The van der Waals surface area contributed by atoms with E-state index < -0.39 is 0 Å². The summed E-state index contributed by atoms with van der Waals surface area (Å²) < 4.78 is 7.53. The van der Waals surface area contributed by atoms with Crippen molar-refractivity contribution in [3.8, 4) is 5.75 Å². The van der Waals surface area contributed by atoms with Crippen molar-refractivity contribution in [3.05, 3.63) is 65.1 Å². The Kier molecular flexibility index (Phi) is 4.06. The largest absolute Gasteiger partial charge is 0.484 e. The van der Waals surface area contributed by atoms with Crippen LogP contribution in [0.4, 0.5) is 0 Å². The fourth-order valence-corrected chi connectivity index (χ4v) is 4.93. The molecule has 0 aliphatic heterocycles. The molecule has 154 valence electrons. The van der Waals surface area contributed by atoms with Gasteiger partial charge in [-0.3, -0.25) is 19.0 Å². The van der Waals surface area contributed by atoms with Gasteiger partial charge in [-0.25, -0.2) is 0 Å². The van der Waals surface area contributed by atoms with Gasteiger partial charge in [-0.2, -0.15) is 0 Å². The van der Waals surface area contributed by atoms with Gasteiger partial charge in [0.25, 0.3) is 11.5 Å². The Balaban J connectivity index is 1.44. The molecule has 0 spiro atoms. The first-order valence-electron chi connectivity index (χ1n) is 10.7. The Bertz CT molecular complexity index is 1520. The number of amides is 1. The maximum absolute atomic E-state index is 13.3. The van der Waals surface area contributed by atoms with Crippen LogP contribution in [0.3, 0.4) is 0 Å². The van der Waals surface area contributed by atoms with Crippen LogP contribution in [0.15, 0.2) is 59.5 Å². The molecule has 0 unspecified atom stereocenters. The van der Waals surface area contributed by atoms with E-state index in [0.29, 0.717) is 11.1 Å². The number of ether oxygens (including phenoxy) is 1. The third kappa shape index (κ3) is 2.82. The number of hydrogen-bond acceptors (Lipinski definition) is 4. The normalized spacial score (nSPS) is 14.8. The molecule has 1 N–H and O–H groups in total. The highest BCUT2D eigenvalue weighted by Crippen LogP contribution is 2.34. The van der Waals surface area contributed by atoms with Crippen molar-refractivity contribution >= 4 is 44.0 Å². The molecule has 1 aliphatic rings. The Labute approximate surface area is 177 Å². The van der Waals surface area contributed by atoms with E-state index in [1.54, 1.807) is 10.6 Å². The van der Waals surface area contributed by atoms with Crippen LogP contribution in [0.25, 0.3) is 38.1 Å². The number of hydrogen-bond donors (Lipinski definition) is 1. The van der Waals surface area contributed by atoms with Gasteiger partial charge < -0.3 is 10.1 Å². The van der Waals surface area contributed by atoms with Crippen LogP contribution in [-0.4, -0.2) is 27.9 Å². The van der Waals surface area contributed by atoms with E-state index >= 15 is 0 Å². The van der Waals surface area contributed by atoms with E-state index in [2.05, 4.69) is 10.3 Å². The van der Waals surface area contributed by atoms with Crippen LogP contribution in [0, 0.1) is 0 Å². The molecule has 1 saturated carbocycles. The lowest BCUT2D eigenvalue weighted by Crippen LogP contribution is -2.36. The summed E-state index contributed by atoms with van der Waals surface area (Å²) >= 11 is 0. The highest BCUT2D eigenvalue weighted by molar-refractivity contribution is 6.18. The first-order chi connectivity index (χ1) is 15.2. The molecular weight excluding hydrogens is 390 g/mol. The molecule has 3 heterocycles. The maximum atomic E-state index is 13.3. The van der Waals surface area contributed by atoms with Crippen molar-refractivity contribution in [1.29, 1.82) is 0 Å². The highest BCUT2D eigenvalue weighted by Gasteiger charge is 2.19. The zero-order valence-corrected chi connectivity index (χ0v) is 16.9. The predicted molar refractivity (Wildman–Crippen MR) is 121 cm³/mol. The number of carbonyl (C=O) groups excluding carboxylic acids is 1. The molecule has 6 nitrogen and oxygen atoms in total. The standard InChI is InChI=1S/C25H21N3O3/c29-22(27-15-5-1-2-6-15)14-31-16-9-10-21-20(13-16)18-11-12-26-23-17-7-3-4-8-19(17)25(30)28(21)24(18)23/h3-4,7-13,15H,1-2,5-6,14H2,(H,27,29). The van der Waals surface area contributed by atoms with Crippen LogP contribution < -0.4 is 15.6 Å². The van der Waals surface area contributed by atoms with Crippen LogP contribution in [0.5, 0.6) is 5.75 Å². The van der Waals surface area contributed by atoms with Gasteiger partial charge in [-0.05, 0) is 43.2 Å². The van der Waals surface area contributed by atoms with Crippen molar-refractivity contribution in [2.24, 2.45) is 0 Å². The molecule has 1 fully saturated rings. The van der Waals surface area contributed by atoms with E-state index in [9.17, 15) is 9.59 Å². The Morgan fingerprint density at radius 2 is 1.84 bits per heavy atom. The number of aromatic nitrogens is 2. The smallest absolute Gasteiger partial charge is 0.263 e. The number of rotatable bonds is 4. The molecule has 0 atom stereocenters. The minimum Gasteiger partial charge on any atom is -0.484 e. The van der Waals surface area contributed by atoms with Crippen LogP contribution in [-0.2, 0) is 4.79 Å². The number of benzene rings is 2. The Morgan fingerprint density at radius 1 is 1.03 bits per heavy atom. The maximum Gasteiger partial charge on any atom is 0.263 e. The first-order valence-corrected chi connectivity index (χ1v) is 10.7. The van der Waals surface area contributed by atoms with Crippen LogP contribution in [0.1, 0.15) is 25.7 Å². The minimum absolute atomic E-state index is 0.0160. The summed E-state index contributed by atoms with van der Waals surface area (Å²) in [6, 6.07) is 15.4. The molecule has 1 amide bonds. The van der Waals surface area contributed by atoms with Gasteiger partial charge in [0.15, 0.2) is 6.61 Å². The van der Waals surface area contributed by atoms with Crippen molar-refractivity contribution in [2.45, 2.75) is 31.7 Å². The van der Waals surface area contributed by atoms with Crippen molar-refractivity contribution < 1.29 is 9.53 Å². The van der Waals surface area contributed by atoms with Gasteiger partial charge in [0, 0.05) is 33.8 Å². The zero-order valence-electron chi connectivity index (χ0n) is 16.9. The summed E-state index contributed by atoms with van der Waals surface area (Å²) in [5, 5.41) is 6.40. The lowest BCUT2D eigenvalue weighted by molar-refractivity contribution is -0.123. The van der Waals surface area contributed by atoms with Crippen LogP contribution >= 0.6 is 0 Å². The molecule has 6 heteroatoms. The summed E-state index contributed by atoms with van der Waals surface area (Å²) in [5.41, 5.74) is 2.38. The third-order valence-electron chi connectivity index (χ3n) is 6.35. The number of carbonyl (C=O) groups is 1. The van der Waals surface area contributed by atoms with Gasteiger partial charge in [0.2, 0.25) is 0 Å². The fraction of sp³-hybridized carbons (Fsp3) is 0.240. The predicted octanol–water partition coefficient (Wildman–Crippen LogP) is 4.03. The average Bonchev–Trinajstić information content (AvgIpc) is 3.42. The van der Waals surface area contributed by atoms with Crippen molar-refractivity contribution in [1.82, 2.24) is 14.7 Å². The van der Waals surface area contributed by atoms with Crippen LogP contribution in [0.2, 0.25) is 0 Å². The second-order valence-corrected chi connectivity index (χ2v) is 8.26. The molecule has 6 rings (SSSR count). The number of nitrogens with one attached hydrogen (secondary N) is 1. The summed E-state index contributed by atoms with van der Waals surface area (Å²) in [6.45, 7) is -0.0160. The fourth-order valence-electron chi connectivity index (χ4n) is 4.93. The molecule has 0 saturated heterocycles. The molecule has 1 aliphatic carbocycles. The lowest BCUT2D eigenvalue weighted by atomic mass is 10.1. The van der Waals surface area contributed by atoms with E-state index in [-0.39, 0.29) is 24.1 Å². The summed E-state index contributed by atoms with van der Waals surface area (Å²) in [7, 11) is 0. The average molecular weight is 411 g/mol. The van der Waals surface area contributed by atoms with Gasteiger partial charge >= 0.3 is 0 Å². The number of pyridine rings is 2. The SMILES string of the molecule is O=C(COc1ccc2c(c1)c1ccnc3c4ccccc4c(=O)n2c13)NC1CCCC1. The van der Waals surface area contributed by atoms with E-state index in [0.717, 1.165) is 45.6 Å². The van der Waals surface area contributed by atoms with Gasteiger partial charge in [0.1, 0.15) is 5.75 Å². The van der Waals surface area contributed by atoms with Crippen molar-refractivity contribution in [2.75, 3.05) is 6.61 Å². The zero-order chi connectivity index (χ0) is 20.9. The number of nitrogens with zero attached hydrogens (tertiary/aromatic N) is 2. The van der Waals surface area contributed by atoms with E-state index in [4.69, 9.17) is 4.74 Å². The Morgan fingerprint density at radius 3 is 2.68 bits per heavy atom. The highest BCUT2D eigenvalue weighted by atomic mass is 16.5. The van der Waals surface area contributed by atoms with E-state index in [1.165, 1.54) is 12.8 Å². The molecule has 2 aromatic carbocycles. The quantitative estimate of drug-likeness (QED) is 0.453. The summed E-state index contributed by atoms with van der Waals surface area (Å²) in [5.74, 6) is 0.514. The second kappa shape index (κ2) is 6.94. The third-order valence-corrected chi connectivity index (χ3v) is 6.35. The number of fused-ring (bicyclic) bond motifs is 5. The van der Waals surface area contributed by atoms with Gasteiger partial charge in [-0.1, -0.05) is 31.0 Å². The summed E-state index contributed by atoms with van der Waals surface area (Å²) in [6.07, 6.45) is 6.21. The first kappa shape index (κ1) is 18.1. The Hall–Kier alpha value is -3.67. The minimum atomic E-state index is -0.0931. The summed E-state index contributed by atoms with van der Waals surface area (Å²) in [4.78, 5) is 30.1. The topological polar surface area (TPSA) is 72.7 Å². The lowest BCUT2D eigenvalue weighted by Gasteiger charge is -2.12. The monoisotopic (exact) mass is 411 g/mol. The van der Waals surface area contributed by atoms with Gasteiger partial charge in [-0.15, -0.1) is 0 Å². The molecular formula is C25H21N3O3. The molecule has 3 aromatic heterocycles. The molecule has 0 radical (unpaired) electrons. The van der Waals surface area contributed by atoms with Crippen molar-refractivity contribution in [3.63, 3.8) is 0 Å². The molecule has 31 heavy (non-hydrogen) atoms. The van der Waals surface area contributed by atoms with Gasteiger partial charge in [0.05, 0.1) is 16.6 Å². The second-order valence-electron chi connectivity index (χ2n) is 8.26.